The van der Waals surface area contributed by atoms with E-state index in [-0.39, 0.29) is 22.7 Å². The number of hydrogen-bond acceptors (Lipinski definition) is 5. The lowest BCUT2D eigenvalue weighted by Gasteiger charge is -2.27. The molecular formula is C26H18Cl2N2O5. The zero-order valence-corrected chi connectivity index (χ0v) is 19.6. The first-order valence-electron chi connectivity index (χ1n) is 10.4. The molecule has 0 aliphatic carbocycles. The van der Waals surface area contributed by atoms with Crippen LogP contribution >= 0.6 is 23.2 Å². The molecule has 2 heterocycles. The van der Waals surface area contributed by atoms with Crippen molar-refractivity contribution in [3.63, 3.8) is 0 Å². The molecule has 2 N–H and O–H groups in total. The third-order valence-electron chi connectivity index (χ3n) is 5.44. The molecule has 1 aromatic heterocycles. The first-order valence-corrected chi connectivity index (χ1v) is 11.1. The van der Waals surface area contributed by atoms with Crippen molar-refractivity contribution < 1.29 is 24.6 Å². The molecule has 0 radical (unpaired) electrons. The van der Waals surface area contributed by atoms with Crippen molar-refractivity contribution in [2.45, 2.75) is 12.0 Å². The van der Waals surface area contributed by atoms with Crippen molar-refractivity contribution in [2.75, 3.05) is 0 Å². The molecule has 0 amide bonds. The van der Waals surface area contributed by atoms with E-state index in [9.17, 15) is 9.59 Å². The second-order valence-electron chi connectivity index (χ2n) is 7.62. The van der Waals surface area contributed by atoms with Crippen LogP contribution in [0.5, 0.6) is 0 Å². The van der Waals surface area contributed by atoms with E-state index < -0.39 is 17.5 Å². The summed E-state index contributed by atoms with van der Waals surface area (Å²) in [5.41, 5.74) is 1.33. The highest BCUT2D eigenvalue weighted by atomic mass is 35.5. The van der Waals surface area contributed by atoms with Crippen LogP contribution in [0.2, 0.25) is 10.0 Å². The van der Waals surface area contributed by atoms with Gasteiger partial charge < -0.3 is 15.1 Å². The highest BCUT2D eigenvalue weighted by molar-refractivity contribution is 6.36. The molecule has 0 unspecified atom stereocenters. The number of nitrogens with zero attached hydrogens (tertiary/aromatic N) is 2. The minimum atomic E-state index is -1.10. The molecule has 0 atom stereocenters. The van der Waals surface area contributed by atoms with Gasteiger partial charge in [-0.2, -0.15) is 0 Å². The Labute approximate surface area is 210 Å². The van der Waals surface area contributed by atoms with Crippen LogP contribution in [0.1, 0.15) is 27.9 Å². The number of hydrogen-bond donors (Lipinski definition) is 2. The largest absolute Gasteiger partial charge is 0.478 e. The van der Waals surface area contributed by atoms with Gasteiger partial charge in [0.05, 0.1) is 22.0 Å². The smallest absolute Gasteiger partial charge is 0.353 e. The van der Waals surface area contributed by atoms with E-state index in [1.54, 1.807) is 12.1 Å². The lowest BCUT2D eigenvalue weighted by atomic mass is 9.82. The minimum absolute atomic E-state index is 0.00540. The predicted molar refractivity (Wildman–Crippen MR) is 133 cm³/mol. The van der Waals surface area contributed by atoms with Gasteiger partial charge in [-0.3, -0.25) is 4.98 Å². The van der Waals surface area contributed by atoms with Crippen LogP contribution in [-0.4, -0.2) is 32.8 Å². The fraction of sp³-hybridized carbons (Fsp3) is 0.0769. The Balaban J connectivity index is 0.000000172. The predicted octanol–water partition coefficient (Wildman–Crippen LogP) is 6.03. The zero-order chi connectivity index (χ0) is 25.0. The van der Waals surface area contributed by atoms with Gasteiger partial charge in [0.15, 0.2) is 11.3 Å². The summed E-state index contributed by atoms with van der Waals surface area (Å²) in [6.45, 7) is 0. The molecule has 176 valence electrons. The number of benzene rings is 3. The maximum absolute atomic E-state index is 11.1. The fourth-order valence-corrected chi connectivity index (χ4v) is 4.19. The molecule has 0 saturated heterocycles. The molecule has 0 saturated carbocycles. The highest BCUT2D eigenvalue weighted by Crippen LogP contribution is 2.41. The maximum atomic E-state index is 11.1. The van der Waals surface area contributed by atoms with Crippen LogP contribution in [0.15, 0.2) is 90.2 Å². The molecule has 3 aromatic carbocycles. The van der Waals surface area contributed by atoms with Crippen LogP contribution in [0, 0.1) is 0 Å². The fourth-order valence-electron chi connectivity index (χ4n) is 3.79. The van der Waals surface area contributed by atoms with Crippen molar-refractivity contribution in [3.05, 3.63) is 112 Å². The Morgan fingerprint density at radius 3 is 1.97 bits per heavy atom. The monoisotopic (exact) mass is 508 g/mol. The summed E-state index contributed by atoms with van der Waals surface area (Å²) in [5, 5.41) is 23.2. The van der Waals surface area contributed by atoms with Crippen LogP contribution in [0.3, 0.4) is 0 Å². The topological polar surface area (TPSA) is 109 Å². The number of oxime groups is 1. The number of carboxylic acid groups (broad SMARTS) is 2. The van der Waals surface area contributed by atoms with E-state index >= 15 is 0 Å². The molecule has 35 heavy (non-hydrogen) atoms. The van der Waals surface area contributed by atoms with Crippen LogP contribution < -0.4 is 0 Å². The number of aromatic nitrogens is 1. The Kier molecular flexibility index (Phi) is 7.00. The molecule has 4 aromatic rings. The average Bonchev–Trinajstić information content (AvgIpc) is 3.33. The zero-order valence-electron chi connectivity index (χ0n) is 18.1. The summed E-state index contributed by atoms with van der Waals surface area (Å²) in [4.78, 5) is 31.7. The first kappa shape index (κ1) is 24.2. The molecule has 9 heteroatoms. The van der Waals surface area contributed by atoms with Gasteiger partial charge in [-0.05, 0) is 12.1 Å². The third kappa shape index (κ3) is 4.96. The van der Waals surface area contributed by atoms with Crippen LogP contribution in [0.25, 0.3) is 10.9 Å². The van der Waals surface area contributed by atoms with Crippen molar-refractivity contribution >= 4 is 51.8 Å². The summed E-state index contributed by atoms with van der Waals surface area (Å²) >= 11 is 11.5. The average molecular weight is 509 g/mol. The standard InChI is InChI=1S/C16H13NO3.C10H5Cl2NO2/c18-15(19)14-11-16(20-17-14,12-7-3-1-4-8-12)13-9-5-2-6-10-13;11-6-3-5-1-2-7(12)8(10(14)15)9(5)13-4-6/h1-10H,11H2,(H,18,19);1-4H,(H,14,15). The van der Waals surface area contributed by atoms with E-state index in [2.05, 4.69) is 10.1 Å². The summed E-state index contributed by atoms with van der Waals surface area (Å²) < 4.78 is 0. The third-order valence-corrected chi connectivity index (χ3v) is 5.96. The number of fused-ring (bicyclic) bond motifs is 1. The van der Waals surface area contributed by atoms with E-state index in [1.807, 2.05) is 60.7 Å². The van der Waals surface area contributed by atoms with E-state index in [0.717, 1.165) is 11.1 Å². The normalized spacial score (nSPS) is 13.8. The summed E-state index contributed by atoms with van der Waals surface area (Å²) in [5.74, 6) is -2.14. The first-order chi connectivity index (χ1) is 16.8. The number of carboxylic acids is 2. The number of aliphatic carboxylic acids is 1. The van der Waals surface area contributed by atoms with Crippen LogP contribution in [-0.2, 0) is 15.2 Å². The molecule has 1 aliphatic heterocycles. The maximum Gasteiger partial charge on any atom is 0.353 e. The summed E-state index contributed by atoms with van der Waals surface area (Å²) in [6.07, 6.45) is 1.61. The van der Waals surface area contributed by atoms with Crippen molar-refractivity contribution in [2.24, 2.45) is 5.16 Å². The van der Waals surface area contributed by atoms with Gasteiger partial charge in [0.1, 0.15) is 5.56 Å². The summed E-state index contributed by atoms with van der Waals surface area (Å²) in [6, 6.07) is 24.0. The summed E-state index contributed by atoms with van der Waals surface area (Å²) in [7, 11) is 0. The van der Waals surface area contributed by atoms with Gasteiger partial charge >= 0.3 is 11.9 Å². The molecule has 1 aliphatic rings. The van der Waals surface area contributed by atoms with E-state index in [0.29, 0.717) is 15.9 Å². The van der Waals surface area contributed by atoms with Gasteiger partial charge in [0.2, 0.25) is 0 Å². The van der Waals surface area contributed by atoms with Crippen LogP contribution in [0.4, 0.5) is 0 Å². The number of rotatable bonds is 4. The lowest BCUT2D eigenvalue weighted by molar-refractivity contribution is -0.129. The van der Waals surface area contributed by atoms with Gasteiger partial charge in [-0.25, -0.2) is 9.59 Å². The van der Waals surface area contributed by atoms with Crippen molar-refractivity contribution in [3.8, 4) is 0 Å². The van der Waals surface area contributed by atoms with Gasteiger partial charge in [0, 0.05) is 22.7 Å². The Morgan fingerprint density at radius 2 is 1.46 bits per heavy atom. The lowest BCUT2D eigenvalue weighted by Crippen LogP contribution is -2.29. The highest BCUT2D eigenvalue weighted by Gasteiger charge is 2.44. The molecule has 5 rings (SSSR count). The van der Waals surface area contributed by atoms with Gasteiger partial charge in [-0.15, -0.1) is 0 Å². The SMILES string of the molecule is O=C(O)C1=NOC(c2ccccc2)(c2ccccc2)C1.O=C(O)c1c(Cl)ccc2cc(Cl)cnc12. The number of halogens is 2. The van der Waals surface area contributed by atoms with E-state index in [4.69, 9.17) is 38.3 Å². The number of pyridine rings is 1. The van der Waals surface area contributed by atoms with Gasteiger partial charge in [0.25, 0.3) is 0 Å². The van der Waals surface area contributed by atoms with Gasteiger partial charge in [-0.1, -0.05) is 95.1 Å². The molecule has 0 fully saturated rings. The quantitative estimate of drug-likeness (QED) is 0.348. The Morgan fingerprint density at radius 1 is 0.857 bits per heavy atom. The van der Waals surface area contributed by atoms with Crippen molar-refractivity contribution in [1.29, 1.82) is 0 Å². The molecule has 0 bridgehead atoms. The van der Waals surface area contributed by atoms with Crippen molar-refractivity contribution in [1.82, 2.24) is 4.98 Å². The minimum Gasteiger partial charge on any atom is -0.478 e. The second kappa shape index (κ2) is 10.1. The molecule has 0 spiro atoms. The second-order valence-corrected chi connectivity index (χ2v) is 8.47. The molecule has 7 nitrogen and oxygen atoms in total. The number of aromatic carboxylic acids is 1. The Hall–Kier alpha value is -3.94. The number of carbonyl (C=O) groups is 2. The molecular weight excluding hydrogens is 491 g/mol. The van der Waals surface area contributed by atoms with E-state index in [1.165, 1.54) is 12.3 Å². The Bertz CT molecular complexity index is 1390.